The number of para-hydroxylation sites is 1. The van der Waals surface area contributed by atoms with Crippen LogP contribution in [0.15, 0.2) is 88.1 Å². The Morgan fingerprint density at radius 3 is 2.36 bits per heavy atom. The standard InChI is InChI=1S/C27H18N4O5/c28-14-22-24(20-12-6-7-13-21(20)36-22)29-23(32)16-35-27(34)25-18-10-4-5-11-19(18)26(33)31(30-25)15-17-8-2-1-3-9-17/h1-13H,15-16H2,(H,29,32). The third-order valence-corrected chi connectivity index (χ3v) is 5.53. The van der Waals surface area contributed by atoms with E-state index < -0.39 is 18.5 Å². The van der Waals surface area contributed by atoms with Crippen molar-refractivity contribution in [3.05, 3.63) is 106 Å². The van der Waals surface area contributed by atoms with E-state index in [4.69, 9.17) is 9.15 Å². The number of nitriles is 1. The molecule has 0 saturated heterocycles. The van der Waals surface area contributed by atoms with Gasteiger partial charge >= 0.3 is 5.97 Å². The molecule has 9 heteroatoms. The van der Waals surface area contributed by atoms with Crippen LogP contribution in [0.3, 0.4) is 0 Å². The highest BCUT2D eigenvalue weighted by atomic mass is 16.5. The highest BCUT2D eigenvalue weighted by Crippen LogP contribution is 2.30. The minimum atomic E-state index is -0.860. The first kappa shape index (κ1) is 22.6. The van der Waals surface area contributed by atoms with Crippen molar-refractivity contribution in [3.8, 4) is 6.07 Å². The van der Waals surface area contributed by atoms with Crippen molar-refractivity contribution in [2.75, 3.05) is 11.9 Å². The van der Waals surface area contributed by atoms with Gasteiger partial charge in [-0.2, -0.15) is 10.4 Å². The summed E-state index contributed by atoms with van der Waals surface area (Å²) >= 11 is 0. The Kier molecular flexibility index (Phi) is 5.99. The molecule has 176 valence electrons. The van der Waals surface area contributed by atoms with Crippen LogP contribution < -0.4 is 10.9 Å². The van der Waals surface area contributed by atoms with Gasteiger partial charge in [0.1, 0.15) is 17.3 Å². The third kappa shape index (κ3) is 4.31. The molecule has 5 aromatic rings. The van der Waals surface area contributed by atoms with E-state index in [2.05, 4.69) is 10.4 Å². The van der Waals surface area contributed by atoms with Crippen LogP contribution in [0.2, 0.25) is 0 Å². The number of rotatable bonds is 6. The van der Waals surface area contributed by atoms with Gasteiger partial charge in [-0.05, 0) is 23.8 Å². The van der Waals surface area contributed by atoms with Crippen LogP contribution in [0, 0.1) is 11.3 Å². The van der Waals surface area contributed by atoms with Gasteiger partial charge in [-0.25, -0.2) is 9.48 Å². The van der Waals surface area contributed by atoms with E-state index in [9.17, 15) is 19.6 Å². The van der Waals surface area contributed by atoms with Crippen LogP contribution in [-0.2, 0) is 16.1 Å². The molecular weight excluding hydrogens is 460 g/mol. The highest BCUT2D eigenvalue weighted by molar-refractivity contribution is 6.05. The van der Waals surface area contributed by atoms with E-state index in [0.717, 1.165) is 5.56 Å². The molecule has 2 heterocycles. The minimum absolute atomic E-state index is 0.0588. The quantitative estimate of drug-likeness (QED) is 0.367. The molecule has 0 bridgehead atoms. The van der Waals surface area contributed by atoms with Gasteiger partial charge in [0, 0.05) is 10.8 Å². The summed E-state index contributed by atoms with van der Waals surface area (Å²) in [6.45, 7) is -0.465. The van der Waals surface area contributed by atoms with Crippen molar-refractivity contribution in [3.63, 3.8) is 0 Å². The topological polar surface area (TPSA) is 127 Å². The molecule has 0 saturated carbocycles. The van der Waals surface area contributed by atoms with Crippen LogP contribution >= 0.6 is 0 Å². The average Bonchev–Trinajstić information content (AvgIpc) is 3.27. The van der Waals surface area contributed by atoms with Gasteiger partial charge < -0.3 is 14.5 Å². The van der Waals surface area contributed by atoms with Gasteiger partial charge in [0.25, 0.3) is 11.5 Å². The molecule has 0 aliphatic rings. The van der Waals surface area contributed by atoms with Crippen LogP contribution in [0.4, 0.5) is 5.69 Å². The Morgan fingerprint density at radius 2 is 1.61 bits per heavy atom. The van der Waals surface area contributed by atoms with Crippen LogP contribution in [0.25, 0.3) is 21.7 Å². The van der Waals surface area contributed by atoms with Gasteiger partial charge in [-0.15, -0.1) is 0 Å². The third-order valence-electron chi connectivity index (χ3n) is 5.53. The molecule has 0 atom stereocenters. The van der Waals surface area contributed by atoms with E-state index >= 15 is 0 Å². The number of amides is 1. The Labute approximate surface area is 204 Å². The second-order valence-corrected chi connectivity index (χ2v) is 7.88. The van der Waals surface area contributed by atoms with Crippen LogP contribution in [0.1, 0.15) is 21.8 Å². The number of carbonyl (C=O) groups excluding carboxylic acids is 2. The molecule has 3 aromatic carbocycles. The van der Waals surface area contributed by atoms with E-state index in [1.807, 2.05) is 36.4 Å². The molecule has 0 aliphatic carbocycles. The second-order valence-electron chi connectivity index (χ2n) is 7.88. The molecule has 0 aliphatic heterocycles. The number of nitrogens with zero attached hydrogens (tertiary/aromatic N) is 3. The van der Waals surface area contributed by atoms with Gasteiger partial charge in [-0.1, -0.05) is 60.7 Å². The van der Waals surface area contributed by atoms with Gasteiger partial charge in [0.05, 0.1) is 11.9 Å². The molecule has 1 N–H and O–H groups in total. The molecule has 1 amide bonds. The van der Waals surface area contributed by atoms with Crippen molar-refractivity contribution in [1.29, 1.82) is 5.26 Å². The number of furan rings is 1. The fourth-order valence-corrected chi connectivity index (χ4v) is 3.87. The molecule has 9 nitrogen and oxygen atoms in total. The lowest BCUT2D eigenvalue weighted by Crippen LogP contribution is -2.28. The molecule has 0 spiro atoms. The summed E-state index contributed by atoms with van der Waals surface area (Å²) in [4.78, 5) is 38.5. The van der Waals surface area contributed by atoms with Crippen LogP contribution in [0.5, 0.6) is 0 Å². The van der Waals surface area contributed by atoms with Crippen molar-refractivity contribution in [1.82, 2.24) is 9.78 Å². The first-order chi connectivity index (χ1) is 17.5. The number of anilines is 1. The van der Waals surface area contributed by atoms with E-state index in [0.29, 0.717) is 21.7 Å². The zero-order valence-electron chi connectivity index (χ0n) is 18.8. The molecule has 0 unspecified atom stereocenters. The predicted octanol–water partition coefficient (Wildman–Crippen LogP) is 3.86. The summed E-state index contributed by atoms with van der Waals surface area (Å²) < 4.78 is 11.9. The Balaban J connectivity index is 1.39. The number of hydrogen-bond acceptors (Lipinski definition) is 7. The largest absolute Gasteiger partial charge is 0.451 e. The zero-order chi connectivity index (χ0) is 25.1. The van der Waals surface area contributed by atoms with Gasteiger partial charge in [0.2, 0.25) is 5.76 Å². The summed E-state index contributed by atoms with van der Waals surface area (Å²) in [5.41, 5.74) is 1.05. The number of nitrogens with one attached hydrogen (secondary N) is 1. The number of benzene rings is 3. The maximum atomic E-state index is 13.0. The normalized spacial score (nSPS) is 10.8. The van der Waals surface area contributed by atoms with E-state index in [1.54, 1.807) is 48.5 Å². The summed E-state index contributed by atoms with van der Waals surface area (Å²) in [5, 5.41) is 17.4. The predicted molar refractivity (Wildman–Crippen MR) is 131 cm³/mol. The second kappa shape index (κ2) is 9.56. The first-order valence-electron chi connectivity index (χ1n) is 11.0. The van der Waals surface area contributed by atoms with Crippen molar-refractivity contribution in [2.24, 2.45) is 0 Å². The van der Waals surface area contributed by atoms with Gasteiger partial charge in [-0.3, -0.25) is 9.59 Å². The lowest BCUT2D eigenvalue weighted by molar-refractivity contribution is -0.119. The number of esters is 1. The summed E-state index contributed by atoms with van der Waals surface area (Å²) in [7, 11) is 0. The zero-order valence-corrected chi connectivity index (χ0v) is 18.8. The molecule has 0 fully saturated rings. The maximum absolute atomic E-state index is 13.0. The minimum Gasteiger partial charge on any atom is -0.451 e. The fraction of sp³-hybridized carbons (Fsp3) is 0.0741. The molecule has 5 rings (SSSR count). The smallest absolute Gasteiger partial charge is 0.359 e. The summed E-state index contributed by atoms with van der Waals surface area (Å²) in [5.74, 6) is -1.58. The lowest BCUT2D eigenvalue weighted by Gasteiger charge is -2.11. The van der Waals surface area contributed by atoms with Gasteiger partial charge in [0.15, 0.2) is 12.3 Å². The Bertz CT molecular complexity index is 1710. The molecular formula is C27H18N4O5. The van der Waals surface area contributed by atoms with Crippen molar-refractivity contribution < 1.29 is 18.7 Å². The molecule has 36 heavy (non-hydrogen) atoms. The SMILES string of the molecule is N#Cc1oc2ccccc2c1NC(=O)COC(=O)c1nn(Cc2ccccc2)c(=O)c2ccccc12. The monoisotopic (exact) mass is 478 g/mol. The average molecular weight is 478 g/mol. The van der Waals surface area contributed by atoms with Crippen LogP contribution in [-0.4, -0.2) is 28.3 Å². The summed E-state index contributed by atoms with van der Waals surface area (Å²) in [6, 6.07) is 24.6. The Hall–Kier alpha value is -5.23. The maximum Gasteiger partial charge on any atom is 0.359 e. The summed E-state index contributed by atoms with van der Waals surface area (Å²) in [6.07, 6.45) is 0. The number of hydrogen-bond donors (Lipinski definition) is 1. The lowest BCUT2D eigenvalue weighted by atomic mass is 10.1. The fourth-order valence-electron chi connectivity index (χ4n) is 3.87. The number of ether oxygens (including phenoxy) is 1. The van der Waals surface area contributed by atoms with E-state index in [-0.39, 0.29) is 29.2 Å². The number of carbonyl (C=O) groups is 2. The Morgan fingerprint density at radius 1 is 0.944 bits per heavy atom. The van der Waals surface area contributed by atoms with Crippen molar-refractivity contribution >= 4 is 39.3 Å². The molecule has 0 radical (unpaired) electrons. The van der Waals surface area contributed by atoms with Crippen molar-refractivity contribution in [2.45, 2.75) is 6.54 Å². The highest BCUT2D eigenvalue weighted by Gasteiger charge is 2.21. The molecule has 2 aromatic heterocycles. The first-order valence-corrected chi connectivity index (χ1v) is 11.0. The van der Waals surface area contributed by atoms with E-state index in [1.165, 1.54) is 4.68 Å². The number of aromatic nitrogens is 2. The number of fused-ring (bicyclic) bond motifs is 2.